The molecule has 0 radical (unpaired) electrons. The summed E-state index contributed by atoms with van der Waals surface area (Å²) in [7, 11) is 9.26. The maximum absolute atomic E-state index is 5.81. The number of aliphatic imine (C=N–C) groups is 1. The molecule has 8 rings (SSSR count). The number of ether oxygens (including phenoxy) is 1. The molecule has 9 heteroatoms. The number of benzene rings is 5. The van der Waals surface area contributed by atoms with E-state index in [1.807, 2.05) is 60.7 Å². The Morgan fingerprint density at radius 3 is 1.65 bits per heavy atom. The molecule has 0 saturated carbocycles. The summed E-state index contributed by atoms with van der Waals surface area (Å²) in [5.41, 5.74) is 4.56. The van der Waals surface area contributed by atoms with E-state index < -0.39 is 7.92 Å². The van der Waals surface area contributed by atoms with Gasteiger partial charge >= 0.3 is 34.5 Å². The van der Waals surface area contributed by atoms with Crippen LogP contribution in [0.4, 0.5) is 0 Å². The van der Waals surface area contributed by atoms with Crippen LogP contribution in [0.1, 0.15) is 17.3 Å². The average Bonchev–Trinajstić information content (AvgIpc) is 3.83. The Balaban J connectivity index is 0.000000161. The number of hydrogen-bond acceptors (Lipinski definition) is 4. The molecule has 0 amide bonds. The standard InChI is InChI=1S/C21H16N4O.C18H15P.2ClH.Ru/c1-2-7-14(8-3-1)19-13-26-21(25-19)18-12-6-11-17(22-18)20-23-15-9-4-5-10-16(15)24-20;1-4-10-16(11-5-1)19(17-12-6-2-7-13-17)18-14-8-3-9-15-18;;;/h1-12,19H,13H2,(H,23,24);1-15H;2*1H;/q;;;;+2/p-2/t19-;;;;/m0..../s1. The van der Waals surface area contributed by atoms with E-state index in [0.29, 0.717) is 12.5 Å². The van der Waals surface area contributed by atoms with E-state index in [-0.39, 0.29) is 21.2 Å². The van der Waals surface area contributed by atoms with Gasteiger partial charge in [-0.25, -0.2) is 15.0 Å². The number of aromatic amines is 1. The third kappa shape index (κ3) is 8.64. The van der Waals surface area contributed by atoms with Crippen molar-refractivity contribution in [3.63, 3.8) is 0 Å². The van der Waals surface area contributed by atoms with Crippen LogP contribution in [0.15, 0.2) is 169 Å². The third-order valence-corrected chi connectivity index (χ3v) is 9.92. The van der Waals surface area contributed by atoms with Crippen LogP contribution in [-0.2, 0) is 19.9 Å². The molecule has 7 aromatic rings. The second-order valence-corrected chi connectivity index (χ2v) is 15.4. The number of H-pyrrole nitrogens is 1. The molecule has 2 aromatic heterocycles. The Kier molecular flexibility index (Phi) is 12.1. The van der Waals surface area contributed by atoms with Gasteiger partial charge in [0, 0.05) is 0 Å². The minimum absolute atomic E-state index is 0.0165. The van der Waals surface area contributed by atoms with Gasteiger partial charge in [-0.2, -0.15) is 0 Å². The van der Waals surface area contributed by atoms with Gasteiger partial charge in [-0.05, 0) is 53.7 Å². The van der Waals surface area contributed by atoms with Gasteiger partial charge in [-0.3, -0.25) is 0 Å². The first-order valence-electron chi connectivity index (χ1n) is 15.2. The van der Waals surface area contributed by atoms with Gasteiger partial charge in [0.05, 0.1) is 11.0 Å². The Labute approximate surface area is 297 Å². The largest absolute Gasteiger partial charge is 0.474 e. The summed E-state index contributed by atoms with van der Waals surface area (Å²) in [5.74, 6) is 1.32. The Bertz CT molecular complexity index is 1920. The molecule has 1 aliphatic heterocycles. The molecule has 5 nitrogen and oxygen atoms in total. The van der Waals surface area contributed by atoms with Crippen molar-refractivity contribution in [1.82, 2.24) is 15.0 Å². The molecule has 0 saturated heterocycles. The first-order valence-corrected chi connectivity index (χ1v) is 21.0. The van der Waals surface area contributed by atoms with Crippen LogP contribution >= 0.6 is 27.3 Å². The van der Waals surface area contributed by atoms with Crippen molar-refractivity contribution in [1.29, 1.82) is 0 Å². The van der Waals surface area contributed by atoms with Crippen LogP contribution in [0, 0.1) is 0 Å². The summed E-state index contributed by atoms with van der Waals surface area (Å²) in [6, 6.07) is 56.3. The van der Waals surface area contributed by atoms with E-state index in [0.717, 1.165) is 33.8 Å². The van der Waals surface area contributed by atoms with E-state index >= 15 is 0 Å². The Morgan fingerprint density at radius 1 is 0.583 bits per heavy atom. The first kappa shape index (κ1) is 33.7. The smallest absolute Gasteiger partial charge is 0.236 e. The number of pyridine rings is 1. The van der Waals surface area contributed by atoms with Crippen molar-refractivity contribution in [2.24, 2.45) is 4.99 Å². The summed E-state index contributed by atoms with van der Waals surface area (Å²) in [6.45, 7) is 0.538. The number of halogens is 2. The molecule has 3 heterocycles. The first-order chi connectivity index (χ1) is 23.7. The van der Waals surface area contributed by atoms with Crippen LogP contribution < -0.4 is 15.9 Å². The summed E-state index contributed by atoms with van der Waals surface area (Å²) in [5, 5.41) is 4.19. The summed E-state index contributed by atoms with van der Waals surface area (Å²) in [4.78, 5) is 17.3. The number of para-hydroxylation sites is 2. The zero-order valence-corrected chi connectivity index (χ0v) is 29.8. The monoisotopic (exact) mass is 774 g/mol. The zero-order chi connectivity index (χ0) is 33.0. The van der Waals surface area contributed by atoms with Crippen molar-refractivity contribution in [3.05, 3.63) is 175 Å². The molecule has 5 aromatic carbocycles. The van der Waals surface area contributed by atoms with Gasteiger partial charge in [0.1, 0.15) is 24.0 Å². The number of aromatic nitrogens is 3. The van der Waals surface area contributed by atoms with Gasteiger partial charge in [0.2, 0.25) is 5.90 Å². The number of rotatable bonds is 6. The number of hydrogen-bond donors (Lipinski definition) is 1. The minimum atomic E-state index is -0.446. The summed E-state index contributed by atoms with van der Waals surface area (Å²) in [6.07, 6.45) is 0. The van der Waals surface area contributed by atoms with Crippen molar-refractivity contribution < 1.29 is 19.9 Å². The van der Waals surface area contributed by atoms with Gasteiger partial charge in [0.25, 0.3) is 0 Å². The molecule has 0 unspecified atom stereocenters. The molecule has 0 fully saturated rings. The van der Waals surface area contributed by atoms with E-state index in [9.17, 15) is 0 Å². The molecular formula is C39H31Cl2N4OPRu. The van der Waals surface area contributed by atoms with Crippen LogP contribution in [0.5, 0.6) is 0 Å². The fourth-order valence-electron chi connectivity index (χ4n) is 5.30. The maximum Gasteiger partial charge on any atom is 0.236 e. The molecule has 0 bridgehead atoms. The van der Waals surface area contributed by atoms with Gasteiger partial charge in [-0.1, -0.05) is 140 Å². The van der Waals surface area contributed by atoms with Crippen LogP contribution in [0.3, 0.4) is 0 Å². The molecule has 1 N–H and O–H groups in total. The van der Waals surface area contributed by atoms with E-state index in [2.05, 4.69) is 113 Å². The second-order valence-electron chi connectivity index (χ2n) is 10.6. The number of nitrogens with one attached hydrogen (secondary N) is 1. The van der Waals surface area contributed by atoms with Crippen LogP contribution in [0.2, 0.25) is 0 Å². The molecule has 1 aliphatic rings. The van der Waals surface area contributed by atoms with Crippen molar-refractivity contribution in [2.45, 2.75) is 6.04 Å². The van der Waals surface area contributed by atoms with Crippen molar-refractivity contribution in [3.8, 4) is 11.5 Å². The predicted molar refractivity (Wildman–Crippen MR) is 198 cm³/mol. The molecule has 1 atom stereocenters. The van der Waals surface area contributed by atoms with Crippen molar-refractivity contribution in [2.75, 3.05) is 6.61 Å². The molecular weight excluding hydrogens is 743 g/mol. The summed E-state index contributed by atoms with van der Waals surface area (Å²) < 4.78 is 5.81. The Hall–Kier alpha value is -4.18. The maximum atomic E-state index is 5.81. The number of imidazole rings is 1. The third-order valence-electron chi connectivity index (χ3n) is 7.48. The van der Waals surface area contributed by atoms with E-state index in [1.165, 1.54) is 15.9 Å². The second kappa shape index (κ2) is 17.3. The van der Waals surface area contributed by atoms with E-state index in [4.69, 9.17) is 34.1 Å². The Morgan fingerprint density at radius 2 is 1.08 bits per heavy atom. The normalized spacial score (nSPS) is 13.6. The zero-order valence-electron chi connectivity index (χ0n) is 25.7. The molecule has 240 valence electrons. The van der Waals surface area contributed by atoms with Gasteiger partial charge in [0.15, 0.2) is 5.82 Å². The fourth-order valence-corrected chi connectivity index (χ4v) is 7.60. The minimum Gasteiger partial charge on any atom is -0.474 e. The van der Waals surface area contributed by atoms with Gasteiger partial charge in [-0.15, -0.1) is 0 Å². The number of fused-ring (bicyclic) bond motifs is 1. The number of nitrogens with zero attached hydrogens (tertiary/aromatic N) is 3. The van der Waals surface area contributed by atoms with Gasteiger partial charge < -0.3 is 9.72 Å². The molecule has 48 heavy (non-hydrogen) atoms. The molecule has 0 spiro atoms. The van der Waals surface area contributed by atoms with Crippen LogP contribution in [0.25, 0.3) is 22.6 Å². The topological polar surface area (TPSA) is 63.2 Å². The predicted octanol–water partition coefficient (Wildman–Crippen LogP) is 8.96. The average molecular weight is 775 g/mol. The van der Waals surface area contributed by atoms with E-state index in [1.54, 1.807) is 0 Å². The molecule has 0 aliphatic carbocycles. The van der Waals surface area contributed by atoms with Crippen molar-refractivity contribution >= 4 is 60.1 Å². The SMILES string of the molecule is [Cl][Ru][Cl].c1ccc(P(c2ccccc2)c2ccccc2)cc1.c1ccc([C@@H]2COC(c3cccc(-c4nc5ccccc5[nH]4)n3)=N2)cc1. The van der Waals surface area contributed by atoms with Crippen LogP contribution in [-0.4, -0.2) is 27.5 Å². The quantitative estimate of drug-likeness (QED) is 0.136. The summed E-state index contributed by atoms with van der Waals surface area (Å²) >= 11 is -0.346. The fraction of sp³-hybridized carbons (Fsp3) is 0.0513.